The maximum atomic E-state index is 5.53. The Bertz CT molecular complexity index is 324. The number of anilines is 1. The van der Waals surface area contributed by atoms with Gasteiger partial charge in [-0.05, 0) is 37.6 Å². The minimum Gasteiger partial charge on any atom is -0.491 e. The highest BCUT2D eigenvalue weighted by Crippen LogP contribution is 2.17. The topological polar surface area (TPSA) is 30.5 Å². The molecular weight excluding hydrogens is 238 g/mol. The fourth-order valence-electron chi connectivity index (χ4n) is 1.95. The molecule has 0 aliphatic carbocycles. The first kappa shape index (κ1) is 15.8. The molecule has 1 atom stereocenters. The Morgan fingerprint density at radius 3 is 2.47 bits per heavy atom. The summed E-state index contributed by atoms with van der Waals surface area (Å²) >= 11 is 0. The Morgan fingerprint density at radius 1 is 1.11 bits per heavy atom. The quantitative estimate of drug-likeness (QED) is 0.646. The number of ether oxygens (including phenoxy) is 2. The minimum atomic E-state index is 0.520. The molecule has 0 radical (unpaired) electrons. The van der Waals surface area contributed by atoms with Crippen LogP contribution in [0.4, 0.5) is 5.69 Å². The first-order chi connectivity index (χ1) is 9.26. The van der Waals surface area contributed by atoms with Crippen molar-refractivity contribution >= 4 is 5.69 Å². The van der Waals surface area contributed by atoms with Crippen LogP contribution >= 0.6 is 0 Å². The Kier molecular flexibility index (Phi) is 8.07. The summed E-state index contributed by atoms with van der Waals surface area (Å²) in [6, 6.07) is 8.65. The summed E-state index contributed by atoms with van der Waals surface area (Å²) in [4.78, 5) is 0. The molecule has 0 saturated carbocycles. The third kappa shape index (κ3) is 7.06. The maximum absolute atomic E-state index is 5.53. The van der Waals surface area contributed by atoms with Crippen LogP contribution in [0.25, 0.3) is 0 Å². The van der Waals surface area contributed by atoms with Crippen LogP contribution in [0.2, 0.25) is 0 Å². The van der Waals surface area contributed by atoms with Crippen molar-refractivity contribution < 1.29 is 9.47 Å². The summed E-state index contributed by atoms with van der Waals surface area (Å²) < 4.78 is 10.5. The van der Waals surface area contributed by atoms with Gasteiger partial charge in [-0.2, -0.15) is 0 Å². The molecule has 0 heterocycles. The SMILES string of the molecule is CCCCCC(C)Nc1ccc(OCCOC)cc1. The summed E-state index contributed by atoms with van der Waals surface area (Å²) in [5, 5.41) is 3.52. The Balaban J connectivity index is 2.30. The molecule has 0 aromatic heterocycles. The van der Waals surface area contributed by atoms with E-state index in [4.69, 9.17) is 9.47 Å². The number of hydrogen-bond donors (Lipinski definition) is 1. The Labute approximate surface area is 117 Å². The van der Waals surface area contributed by atoms with Crippen molar-refractivity contribution in [2.45, 2.75) is 45.6 Å². The van der Waals surface area contributed by atoms with E-state index in [0.29, 0.717) is 19.3 Å². The number of unbranched alkanes of at least 4 members (excludes halogenated alkanes) is 2. The fourth-order valence-corrected chi connectivity index (χ4v) is 1.95. The van der Waals surface area contributed by atoms with Gasteiger partial charge in [0.05, 0.1) is 6.61 Å². The standard InChI is InChI=1S/C16H27NO2/c1-4-5-6-7-14(2)17-15-8-10-16(11-9-15)19-13-12-18-3/h8-11,14,17H,4-7,12-13H2,1-3H3. The molecule has 3 heteroatoms. The van der Waals surface area contributed by atoms with Gasteiger partial charge in [0.1, 0.15) is 12.4 Å². The van der Waals surface area contributed by atoms with Crippen molar-refractivity contribution in [3.05, 3.63) is 24.3 Å². The molecule has 0 aliphatic heterocycles. The number of hydrogen-bond acceptors (Lipinski definition) is 3. The number of benzene rings is 1. The Hall–Kier alpha value is -1.22. The molecule has 1 N–H and O–H groups in total. The van der Waals surface area contributed by atoms with Crippen molar-refractivity contribution in [2.75, 3.05) is 25.6 Å². The average molecular weight is 265 g/mol. The van der Waals surface area contributed by atoms with Crippen LogP contribution in [0.15, 0.2) is 24.3 Å². The zero-order valence-corrected chi connectivity index (χ0v) is 12.4. The first-order valence-corrected chi connectivity index (χ1v) is 7.24. The largest absolute Gasteiger partial charge is 0.491 e. The van der Waals surface area contributed by atoms with E-state index in [2.05, 4.69) is 31.3 Å². The van der Waals surface area contributed by atoms with Gasteiger partial charge in [-0.25, -0.2) is 0 Å². The smallest absolute Gasteiger partial charge is 0.119 e. The van der Waals surface area contributed by atoms with E-state index in [1.807, 2.05) is 12.1 Å². The van der Waals surface area contributed by atoms with Gasteiger partial charge in [-0.1, -0.05) is 26.2 Å². The molecule has 3 nitrogen and oxygen atoms in total. The van der Waals surface area contributed by atoms with Gasteiger partial charge in [0.15, 0.2) is 0 Å². The zero-order chi connectivity index (χ0) is 13.9. The number of nitrogens with one attached hydrogen (secondary N) is 1. The lowest BCUT2D eigenvalue weighted by atomic mass is 10.1. The van der Waals surface area contributed by atoms with Crippen LogP contribution in [0.5, 0.6) is 5.75 Å². The first-order valence-electron chi connectivity index (χ1n) is 7.24. The second-order valence-corrected chi connectivity index (χ2v) is 4.91. The molecule has 1 unspecified atom stereocenters. The second-order valence-electron chi connectivity index (χ2n) is 4.91. The molecule has 108 valence electrons. The van der Waals surface area contributed by atoms with E-state index < -0.39 is 0 Å². The summed E-state index contributed by atoms with van der Waals surface area (Å²) in [7, 11) is 1.68. The molecule has 1 aromatic carbocycles. The number of rotatable bonds is 10. The van der Waals surface area contributed by atoms with Crippen LogP contribution in [-0.4, -0.2) is 26.4 Å². The lowest BCUT2D eigenvalue weighted by Gasteiger charge is -2.15. The minimum absolute atomic E-state index is 0.520. The van der Waals surface area contributed by atoms with Gasteiger partial charge in [-0.3, -0.25) is 0 Å². The Morgan fingerprint density at radius 2 is 1.84 bits per heavy atom. The highest BCUT2D eigenvalue weighted by Gasteiger charge is 2.02. The van der Waals surface area contributed by atoms with E-state index in [-0.39, 0.29) is 0 Å². The fraction of sp³-hybridized carbons (Fsp3) is 0.625. The van der Waals surface area contributed by atoms with Gasteiger partial charge in [0, 0.05) is 18.8 Å². The molecule has 0 aliphatic rings. The normalized spacial score (nSPS) is 12.2. The van der Waals surface area contributed by atoms with Crippen molar-refractivity contribution in [2.24, 2.45) is 0 Å². The third-order valence-electron chi connectivity index (χ3n) is 3.06. The third-order valence-corrected chi connectivity index (χ3v) is 3.06. The van der Waals surface area contributed by atoms with Crippen LogP contribution in [0, 0.1) is 0 Å². The van der Waals surface area contributed by atoms with Gasteiger partial charge < -0.3 is 14.8 Å². The maximum Gasteiger partial charge on any atom is 0.119 e. The zero-order valence-electron chi connectivity index (χ0n) is 12.4. The number of methoxy groups -OCH3 is 1. The lowest BCUT2D eigenvalue weighted by Crippen LogP contribution is -2.14. The van der Waals surface area contributed by atoms with Gasteiger partial charge >= 0.3 is 0 Å². The van der Waals surface area contributed by atoms with Crippen molar-refractivity contribution in [3.63, 3.8) is 0 Å². The van der Waals surface area contributed by atoms with E-state index in [0.717, 1.165) is 11.4 Å². The monoisotopic (exact) mass is 265 g/mol. The molecule has 0 saturated heterocycles. The van der Waals surface area contributed by atoms with E-state index in [9.17, 15) is 0 Å². The highest BCUT2D eigenvalue weighted by atomic mass is 16.5. The van der Waals surface area contributed by atoms with E-state index in [1.54, 1.807) is 7.11 Å². The van der Waals surface area contributed by atoms with Gasteiger partial charge in [0.2, 0.25) is 0 Å². The predicted molar refractivity (Wildman–Crippen MR) is 81.0 cm³/mol. The molecular formula is C16H27NO2. The van der Waals surface area contributed by atoms with Crippen LogP contribution in [0.1, 0.15) is 39.5 Å². The van der Waals surface area contributed by atoms with Crippen molar-refractivity contribution in [1.82, 2.24) is 0 Å². The van der Waals surface area contributed by atoms with Crippen molar-refractivity contribution in [1.29, 1.82) is 0 Å². The summed E-state index contributed by atoms with van der Waals surface area (Å²) in [6.45, 7) is 5.68. The van der Waals surface area contributed by atoms with Crippen LogP contribution in [-0.2, 0) is 4.74 Å². The van der Waals surface area contributed by atoms with Crippen molar-refractivity contribution in [3.8, 4) is 5.75 Å². The molecule has 1 rings (SSSR count). The van der Waals surface area contributed by atoms with Gasteiger partial charge in [0.25, 0.3) is 0 Å². The molecule has 0 spiro atoms. The van der Waals surface area contributed by atoms with Gasteiger partial charge in [-0.15, -0.1) is 0 Å². The van der Waals surface area contributed by atoms with E-state index in [1.165, 1.54) is 25.7 Å². The summed E-state index contributed by atoms with van der Waals surface area (Å²) in [6.07, 6.45) is 5.11. The lowest BCUT2D eigenvalue weighted by molar-refractivity contribution is 0.146. The second kappa shape index (κ2) is 9.68. The summed E-state index contributed by atoms with van der Waals surface area (Å²) in [5.74, 6) is 0.890. The average Bonchev–Trinajstić information content (AvgIpc) is 2.41. The van der Waals surface area contributed by atoms with E-state index >= 15 is 0 Å². The van der Waals surface area contributed by atoms with Crippen LogP contribution < -0.4 is 10.1 Å². The molecule has 0 fully saturated rings. The highest BCUT2D eigenvalue weighted by molar-refractivity contribution is 5.46. The molecule has 19 heavy (non-hydrogen) atoms. The molecule has 1 aromatic rings. The molecule has 0 amide bonds. The summed E-state index contributed by atoms with van der Waals surface area (Å²) in [5.41, 5.74) is 1.16. The predicted octanol–water partition coefficient (Wildman–Crippen LogP) is 4.09. The molecule has 0 bridgehead atoms. The van der Waals surface area contributed by atoms with Crippen LogP contribution in [0.3, 0.4) is 0 Å².